The summed E-state index contributed by atoms with van der Waals surface area (Å²) in [7, 11) is 4.19. The van der Waals surface area contributed by atoms with Crippen LogP contribution >= 0.6 is 0 Å². The van der Waals surface area contributed by atoms with E-state index >= 15 is 0 Å². The standard InChI is InChI=1S/C12H22N4O2/c1-14(2)3-4-15-5-7-16(8-6-15)12-13-11(9-17)10-18-12/h10,17H,3-9H2,1-2H3. The minimum absolute atomic E-state index is 0.0632. The molecule has 1 aromatic rings. The van der Waals surface area contributed by atoms with Gasteiger partial charge in [0.15, 0.2) is 0 Å². The zero-order valence-electron chi connectivity index (χ0n) is 11.2. The Bertz CT molecular complexity index is 359. The number of aliphatic hydroxyl groups excluding tert-OH is 1. The molecule has 1 aliphatic heterocycles. The number of aromatic nitrogens is 1. The van der Waals surface area contributed by atoms with Crippen LogP contribution in [0.15, 0.2) is 10.7 Å². The van der Waals surface area contributed by atoms with Crippen LogP contribution in [0.4, 0.5) is 6.01 Å². The Morgan fingerprint density at radius 3 is 2.61 bits per heavy atom. The summed E-state index contributed by atoms with van der Waals surface area (Å²) in [5, 5.41) is 8.96. The predicted molar refractivity (Wildman–Crippen MR) is 69.6 cm³/mol. The molecule has 6 heteroatoms. The highest BCUT2D eigenvalue weighted by atomic mass is 16.4. The third-order valence-corrected chi connectivity index (χ3v) is 3.21. The molecule has 18 heavy (non-hydrogen) atoms. The van der Waals surface area contributed by atoms with E-state index in [1.807, 2.05) is 0 Å². The number of hydrogen-bond donors (Lipinski definition) is 1. The van der Waals surface area contributed by atoms with E-state index in [0.29, 0.717) is 11.7 Å². The van der Waals surface area contributed by atoms with Crippen molar-refractivity contribution in [3.63, 3.8) is 0 Å². The molecule has 1 aromatic heterocycles. The van der Waals surface area contributed by atoms with Crippen molar-refractivity contribution in [2.75, 3.05) is 58.3 Å². The fourth-order valence-corrected chi connectivity index (χ4v) is 2.02. The van der Waals surface area contributed by atoms with Crippen molar-refractivity contribution in [3.8, 4) is 0 Å². The first-order chi connectivity index (χ1) is 8.69. The molecule has 0 aliphatic carbocycles. The summed E-state index contributed by atoms with van der Waals surface area (Å²) in [5.41, 5.74) is 0.597. The van der Waals surface area contributed by atoms with Crippen LogP contribution in [-0.4, -0.2) is 73.3 Å². The predicted octanol–water partition coefficient (Wildman–Crippen LogP) is -0.149. The minimum atomic E-state index is -0.0632. The lowest BCUT2D eigenvalue weighted by molar-refractivity contribution is 0.226. The Morgan fingerprint density at radius 1 is 1.33 bits per heavy atom. The van der Waals surface area contributed by atoms with Crippen LogP contribution in [0.1, 0.15) is 5.69 Å². The van der Waals surface area contributed by atoms with E-state index in [2.05, 4.69) is 33.8 Å². The van der Waals surface area contributed by atoms with Gasteiger partial charge in [-0.3, -0.25) is 4.90 Å². The fourth-order valence-electron chi connectivity index (χ4n) is 2.02. The number of nitrogens with zero attached hydrogens (tertiary/aromatic N) is 4. The zero-order valence-corrected chi connectivity index (χ0v) is 11.2. The number of aliphatic hydroxyl groups is 1. The molecule has 1 fully saturated rings. The van der Waals surface area contributed by atoms with Crippen LogP contribution < -0.4 is 4.90 Å². The zero-order chi connectivity index (χ0) is 13.0. The summed E-state index contributed by atoms with van der Waals surface area (Å²) in [5.74, 6) is 0. The van der Waals surface area contributed by atoms with E-state index in [0.717, 1.165) is 39.3 Å². The molecule has 6 nitrogen and oxygen atoms in total. The largest absolute Gasteiger partial charge is 0.432 e. The van der Waals surface area contributed by atoms with Gasteiger partial charge in [0.25, 0.3) is 6.01 Å². The van der Waals surface area contributed by atoms with Gasteiger partial charge >= 0.3 is 0 Å². The number of oxazole rings is 1. The average molecular weight is 254 g/mol. The van der Waals surface area contributed by atoms with Crippen LogP contribution in [0.2, 0.25) is 0 Å². The number of likely N-dealkylation sites (N-methyl/N-ethyl adjacent to an activating group) is 1. The lowest BCUT2D eigenvalue weighted by atomic mass is 10.3. The van der Waals surface area contributed by atoms with E-state index in [4.69, 9.17) is 9.52 Å². The molecule has 0 spiro atoms. The van der Waals surface area contributed by atoms with Gasteiger partial charge in [-0.1, -0.05) is 0 Å². The highest BCUT2D eigenvalue weighted by Gasteiger charge is 2.20. The number of anilines is 1. The van der Waals surface area contributed by atoms with Gasteiger partial charge in [0.05, 0.1) is 6.61 Å². The summed E-state index contributed by atoms with van der Waals surface area (Å²) >= 11 is 0. The Balaban J connectivity index is 1.79. The number of rotatable bonds is 5. The van der Waals surface area contributed by atoms with E-state index in [-0.39, 0.29) is 6.61 Å². The first-order valence-corrected chi connectivity index (χ1v) is 6.36. The molecule has 0 saturated carbocycles. The Kier molecular flexibility index (Phi) is 4.57. The highest BCUT2D eigenvalue weighted by Crippen LogP contribution is 2.15. The van der Waals surface area contributed by atoms with Gasteiger partial charge in [-0.05, 0) is 14.1 Å². The molecule has 0 amide bonds. The second kappa shape index (κ2) is 6.17. The Hall–Kier alpha value is -1.11. The number of piperazine rings is 1. The fraction of sp³-hybridized carbons (Fsp3) is 0.750. The monoisotopic (exact) mass is 254 g/mol. The molecular weight excluding hydrogens is 232 g/mol. The summed E-state index contributed by atoms with van der Waals surface area (Å²) in [6.07, 6.45) is 1.52. The molecule has 0 unspecified atom stereocenters. The van der Waals surface area contributed by atoms with Crippen LogP contribution in [0.25, 0.3) is 0 Å². The number of hydrogen-bond acceptors (Lipinski definition) is 6. The first kappa shape index (κ1) is 13.3. The molecule has 1 aliphatic rings. The molecule has 2 rings (SSSR count). The third kappa shape index (κ3) is 3.44. The van der Waals surface area contributed by atoms with Crippen molar-refractivity contribution in [2.24, 2.45) is 0 Å². The van der Waals surface area contributed by atoms with Crippen LogP contribution in [0, 0.1) is 0 Å². The topological polar surface area (TPSA) is 56.0 Å². The lowest BCUT2D eigenvalue weighted by Crippen LogP contribution is -2.48. The second-order valence-electron chi connectivity index (χ2n) is 4.91. The molecule has 1 N–H and O–H groups in total. The van der Waals surface area contributed by atoms with E-state index in [1.165, 1.54) is 6.26 Å². The second-order valence-corrected chi connectivity index (χ2v) is 4.91. The average Bonchev–Trinajstić information content (AvgIpc) is 2.85. The normalized spacial score (nSPS) is 17.7. The van der Waals surface area contributed by atoms with Crippen LogP contribution in [-0.2, 0) is 6.61 Å². The van der Waals surface area contributed by atoms with Crippen LogP contribution in [0.3, 0.4) is 0 Å². The van der Waals surface area contributed by atoms with Crippen LogP contribution in [0.5, 0.6) is 0 Å². The maximum Gasteiger partial charge on any atom is 0.297 e. The molecule has 0 atom stereocenters. The van der Waals surface area contributed by atoms with Gasteiger partial charge < -0.3 is 19.3 Å². The van der Waals surface area contributed by atoms with Crippen molar-refractivity contribution in [2.45, 2.75) is 6.61 Å². The van der Waals surface area contributed by atoms with Gasteiger partial charge in [-0.25, -0.2) is 0 Å². The first-order valence-electron chi connectivity index (χ1n) is 6.36. The SMILES string of the molecule is CN(C)CCN1CCN(c2nc(CO)co2)CC1. The lowest BCUT2D eigenvalue weighted by Gasteiger charge is -2.34. The molecular formula is C12H22N4O2. The summed E-state index contributed by atoms with van der Waals surface area (Å²) < 4.78 is 5.36. The maximum atomic E-state index is 8.96. The Labute approximate surface area is 108 Å². The smallest absolute Gasteiger partial charge is 0.297 e. The Morgan fingerprint density at radius 2 is 2.06 bits per heavy atom. The van der Waals surface area contributed by atoms with Gasteiger partial charge in [-0.2, -0.15) is 4.98 Å². The van der Waals surface area contributed by atoms with E-state index in [9.17, 15) is 0 Å². The molecule has 2 heterocycles. The summed E-state index contributed by atoms with van der Waals surface area (Å²) in [4.78, 5) is 11.0. The van der Waals surface area contributed by atoms with Crippen molar-refractivity contribution in [1.82, 2.24) is 14.8 Å². The van der Waals surface area contributed by atoms with Crippen molar-refractivity contribution >= 4 is 6.01 Å². The highest BCUT2D eigenvalue weighted by molar-refractivity contribution is 5.27. The minimum Gasteiger partial charge on any atom is -0.432 e. The molecule has 0 radical (unpaired) electrons. The van der Waals surface area contributed by atoms with Gasteiger partial charge in [0.2, 0.25) is 0 Å². The van der Waals surface area contributed by atoms with E-state index in [1.54, 1.807) is 0 Å². The maximum absolute atomic E-state index is 8.96. The van der Waals surface area contributed by atoms with E-state index < -0.39 is 0 Å². The van der Waals surface area contributed by atoms with Gasteiger partial charge in [0.1, 0.15) is 12.0 Å². The van der Waals surface area contributed by atoms with Gasteiger partial charge in [-0.15, -0.1) is 0 Å². The molecule has 0 aromatic carbocycles. The van der Waals surface area contributed by atoms with Crippen molar-refractivity contribution in [1.29, 1.82) is 0 Å². The summed E-state index contributed by atoms with van der Waals surface area (Å²) in [6.45, 7) is 6.06. The quantitative estimate of drug-likeness (QED) is 0.789. The molecule has 1 saturated heterocycles. The molecule has 0 bridgehead atoms. The van der Waals surface area contributed by atoms with Crippen molar-refractivity contribution in [3.05, 3.63) is 12.0 Å². The summed E-state index contributed by atoms with van der Waals surface area (Å²) in [6, 6.07) is 0.631. The third-order valence-electron chi connectivity index (χ3n) is 3.21. The van der Waals surface area contributed by atoms with Crippen molar-refractivity contribution < 1.29 is 9.52 Å². The van der Waals surface area contributed by atoms with Gasteiger partial charge in [0, 0.05) is 39.3 Å². The molecule has 102 valence electrons.